The normalized spacial score (nSPS) is 10.8. The van der Waals surface area contributed by atoms with Gasteiger partial charge in [0.15, 0.2) is 5.82 Å². The van der Waals surface area contributed by atoms with Crippen LogP contribution in [0.2, 0.25) is 0 Å². The Labute approximate surface area is 179 Å². The molecule has 12 heteroatoms. The standard InChI is InChI=1S/C20H17F3N4O5/c21-20(22,23)32-16-8-6-14(7-9-16)24-18(29)25-17-12-27(19(26-17)31-13-28)10-11-30-15-4-2-1-3-5-15/h1-9,12-13H,10-11H2,(H2,24,25,29). The lowest BCUT2D eigenvalue weighted by Crippen LogP contribution is -2.20. The lowest BCUT2D eigenvalue weighted by molar-refractivity contribution is -0.274. The molecule has 0 unspecified atom stereocenters. The van der Waals surface area contributed by atoms with E-state index in [1.807, 2.05) is 18.2 Å². The fourth-order valence-corrected chi connectivity index (χ4v) is 2.55. The monoisotopic (exact) mass is 450 g/mol. The zero-order valence-corrected chi connectivity index (χ0v) is 16.3. The van der Waals surface area contributed by atoms with Gasteiger partial charge in [-0.3, -0.25) is 14.7 Å². The summed E-state index contributed by atoms with van der Waals surface area (Å²) in [4.78, 5) is 26.9. The fraction of sp³-hybridized carbons (Fsp3) is 0.150. The predicted octanol–water partition coefficient (Wildman–Crippen LogP) is 4.04. The number of alkyl halides is 3. The molecule has 3 rings (SSSR count). The highest BCUT2D eigenvalue weighted by Gasteiger charge is 2.30. The molecule has 9 nitrogen and oxygen atoms in total. The highest BCUT2D eigenvalue weighted by Crippen LogP contribution is 2.24. The first-order valence-corrected chi connectivity index (χ1v) is 9.11. The second-order valence-corrected chi connectivity index (χ2v) is 6.13. The van der Waals surface area contributed by atoms with Crippen molar-refractivity contribution in [3.63, 3.8) is 0 Å². The number of nitrogens with one attached hydrogen (secondary N) is 2. The number of urea groups is 1. The first-order valence-electron chi connectivity index (χ1n) is 9.11. The maximum Gasteiger partial charge on any atom is 0.573 e. The summed E-state index contributed by atoms with van der Waals surface area (Å²) in [6.07, 6.45) is -3.37. The van der Waals surface area contributed by atoms with Crippen molar-refractivity contribution in [3.8, 4) is 17.5 Å². The zero-order valence-electron chi connectivity index (χ0n) is 16.3. The van der Waals surface area contributed by atoms with Crippen LogP contribution >= 0.6 is 0 Å². The van der Waals surface area contributed by atoms with Crippen LogP contribution in [0.25, 0.3) is 0 Å². The van der Waals surface area contributed by atoms with Gasteiger partial charge in [-0.25, -0.2) is 4.79 Å². The van der Waals surface area contributed by atoms with Gasteiger partial charge in [0.1, 0.15) is 18.1 Å². The summed E-state index contributed by atoms with van der Waals surface area (Å²) in [5, 5.41) is 4.88. The minimum absolute atomic E-state index is 0.0550. The summed E-state index contributed by atoms with van der Waals surface area (Å²) >= 11 is 0. The van der Waals surface area contributed by atoms with Crippen molar-refractivity contribution in [2.45, 2.75) is 12.9 Å². The van der Waals surface area contributed by atoms with E-state index in [9.17, 15) is 22.8 Å². The van der Waals surface area contributed by atoms with Crippen LogP contribution in [-0.2, 0) is 11.3 Å². The molecule has 0 radical (unpaired) electrons. The predicted molar refractivity (Wildman–Crippen MR) is 107 cm³/mol. The summed E-state index contributed by atoms with van der Waals surface area (Å²) in [7, 11) is 0. The molecule has 0 spiro atoms. The van der Waals surface area contributed by atoms with E-state index in [0.717, 1.165) is 12.1 Å². The Bertz CT molecular complexity index is 1040. The summed E-state index contributed by atoms with van der Waals surface area (Å²) in [6.45, 7) is 0.716. The third kappa shape index (κ3) is 6.93. The lowest BCUT2D eigenvalue weighted by atomic mass is 10.3. The van der Waals surface area contributed by atoms with E-state index in [2.05, 4.69) is 20.4 Å². The van der Waals surface area contributed by atoms with E-state index in [1.165, 1.54) is 22.9 Å². The average Bonchev–Trinajstić information content (AvgIpc) is 3.10. The van der Waals surface area contributed by atoms with Gasteiger partial charge in [0, 0.05) is 5.69 Å². The van der Waals surface area contributed by atoms with E-state index in [-0.39, 0.29) is 37.1 Å². The molecular formula is C20H17F3N4O5. The number of imidazole rings is 1. The van der Waals surface area contributed by atoms with E-state index >= 15 is 0 Å². The Hall–Kier alpha value is -4.22. The SMILES string of the molecule is O=COc1nc(NC(=O)Nc2ccc(OC(F)(F)F)cc2)cn1CCOc1ccccc1. The molecule has 0 aliphatic heterocycles. The lowest BCUT2D eigenvalue weighted by Gasteiger charge is -2.10. The summed E-state index contributed by atoms with van der Waals surface area (Å²) in [5.41, 5.74) is 0.220. The average molecular weight is 450 g/mol. The van der Waals surface area contributed by atoms with Crippen molar-refractivity contribution in [2.75, 3.05) is 17.2 Å². The number of ether oxygens (including phenoxy) is 3. The Balaban J connectivity index is 1.57. The summed E-state index contributed by atoms with van der Waals surface area (Å²) in [5.74, 6) is 0.321. The number of rotatable bonds is 9. The van der Waals surface area contributed by atoms with E-state index in [0.29, 0.717) is 5.75 Å². The van der Waals surface area contributed by atoms with E-state index in [4.69, 9.17) is 9.47 Å². The maximum atomic E-state index is 12.2. The molecule has 2 N–H and O–H groups in total. The summed E-state index contributed by atoms with van der Waals surface area (Å²) in [6, 6.07) is 12.9. The molecule has 0 atom stereocenters. The number of para-hydroxylation sites is 1. The molecular weight excluding hydrogens is 433 g/mol. The Morgan fingerprint density at radius 2 is 1.75 bits per heavy atom. The van der Waals surface area contributed by atoms with Gasteiger partial charge in [0.05, 0.1) is 12.7 Å². The second-order valence-electron chi connectivity index (χ2n) is 6.13. The number of nitrogens with zero attached hydrogens (tertiary/aromatic N) is 2. The minimum Gasteiger partial charge on any atom is -0.492 e. The molecule has 1 heterocycles. The number of anilines is 2. The van der Waals surface area contributed by atoms with Crippen molar-refractivity contribution >= 4 is 24.0 Å². The highest BCUT2D eigenvalue weighted by atomic mass is 19.4. The molecule has 3 aromatic rings. The molecule has 2 aromatic carbocycles. The number of benzene rings is 2. The van der Waals surface area contributed by atoms with Crippen molar-refractivity contribution in [2.24, 2.45) is 0 Å². The number of carbonyl (C=O) groups excluding carboxylic acids is 2. The van der Waals surface area contributed by atoms with Crippen molar-refractivity contribution < 1.29 is 37.0 Å². The quantitative estimate of drug-likeness (QED) is 0.477. The van der Waals surface area contributed by atoms with Crippen molar-refractivity contribution in [1.82, 2.24) is 9.55 Å². The van der Waals surface area contributed by atoms with Crippen LogP contribution in [0.5, 0.6) is 17.5 Å². The van der Waals surface area contributed by atoms with Gasteiger partial charge in [-0.2, -0.15) is 4.98 Å². The molecule has 32 heavy (non-hydrogen) atoms. The van der Waals surface area contributed by atoms with Crippen LogP contribution in [-0.4, -0.2) is 35.0 Å². The zero-order chi connectivity index (χ0) is 23.0. The smallest absolute Gasteiger partial charge is 0.492 e. The first-order chi connectivity index (χ1) is 15.3. The van der Waals surface area contributed by atoms with Crippen molar-refractivity contribution in [3.05, 3.63) is 60.8 Å². The second kappa shape index (κ2) is 10.2. The molecule has 168 valence electrons. The largest absolute Gasteiger partial charge is 0.573 e. The molecule has 1 aromatic heterocycles. The number of hydrogen-bond donors (Lipinski definition) is 2. The minimum atomic E-state index is -4.81. The topological polar surface area (TPSA) is 104 Å². The molecule has 0 saturated carbocycles. The molecule has 2 amide bonds. The van der Waals surface area contributed by atoms with Crippen molar-refractivity contribution in [1.29, 1.82) is 0 Å². The van der Waals surface area contributed by atoms with E-state index < -0.39 is 18.1 Å². The van der Waals surface area contributed by atoms with Crippen LogP contribution in [0, 0.1) is 0 Å². The molecule has 0 aliphatic rings. The highest BCUT2D eigenvalue weighted by molar-refractivity contribution is 5.99. The van der Waals surface area contributed by atoms with Crippen LogP contribution in [0.3, 0.4) is 0 Å². The van der Waals surface area contributed by atoms with Gasteiger partial charge in [0.2, 0.25) is 0 Å². The number of carbonyl (C=O) groups is 2. The third-order valence-electron chi connectivity index (χ3n) is 3.82. The number of halogens is 3. The van der Waals surface area contributed by atoms with Gasteiger partial charge in [0.25, 0.3) is 0 Å². The van der Waals surface area contributed by atoms with Gasteiger partial charge in [-0.05, 0) is 36.4 Å². The summed E-state index contributed by atoms with van der Waals surface area (Å²) < 4.78 is 52.2. The Morgan fingerprint density at radius 1 is 1.03 bits per heavy atom. The Kier molecular flexibility index (Phi) is 7.16. The number of hydrogen-bond acceptors (Lipinski definition) is 6. The van der Waals surface area contributed by atoms with Gasteiger partial charge < -0.3 is 19.5 Å². The molecule has 0 saturated heterocycles. The maximum absolute atomic E-state index is 12.2. The Morgan fingerprint density at radius 3 is 2.41 bits per heavy atom. The van der Waals surface area contributed by atoms with Crippen LogP contribution in [0.1, 0.15) is 0 Å². The van der Waals surface area contributed by atoms with Crippen LogP contribution < -0.4 is 24.8 Å². The van der Waals surface area contributed by atoms with Gasteiger partial charge in [-0.1, -0.05) is 18.2 Å². The van der Waals surface area contributed by atoms with Crippen LogP contribution in [0.15, 0.2) is 60.8 Å². The molecule has 0 aliphatic carbocycles. The third-order valence-corrected chi connectivity index (χ3v) is 3.82. The van der Waals surface area contributed by atoms with Crippen LogP contribution in [0.4, 0.5) is 29.5 Å². The van der Waals surface area contributed by atoms with Gasteiger partial charge >= 0.3 is 24.9 Å². The number of amides is 2. The fourth-order valence-electron chi connectivity index (χ4n) is 2.55. The number of aromatic nitrogens is 2. The first kappa shape index (κ1) is 22.5. The molecule has 0 fully saturated rings. The van der Waals surface area contributed by atoms with E-state index in [1.54, 1.807) is 12.1 Å². The molecule has 0 bridgehead atoms. The van der Waals surface area contributed by atoms with Gasteiger partial charge in [-0.15, -0.1) is 13.2 Å².